The molecule has 2 aliphatic rings. The number of nitrogens with two attached hydrogens (primary N) is 1. The third-order valence-corrected chi connectivity index (χ3v) is 5.33. The molecule has 1 saturated heterocycles. The van der Waals surface area contributed by atoms with E-state index in [0.717, 1.165) is 5.56 Å². The van der Waals surface area contributed by atoms with Gasteiger partial charge in [0.05, 0.1) is 19.1 Å². The van der Waals surface area contributed by atoms with Gasteiger partial charge in [-0.15, -0.1) is 0 Å². The number of aliphatic carboxylic acids is 1. The van der Waals surface area contributed by atoms with E-state index in [2.05, 4.69) is 12.6 Å². The van der Waals surface area contributed by atoms with Crippen molar-refractivity contribution < 1.29 is 52.2 Å². The van der Waals surface area contributed by atoms with Crippen molar-refractivity contribution in [3.63, 3.8) is 0 Å². The molecule has 1 amide bonds. The smallest absolute Gasteiger partial charge is 0.522 e. The van der Waals surface area contributed by atoms with Crippen LogP contribution in [0.2, 0.25) is 6.32 Å². The molecule has 1 fully saturated rings. The Labute approximate surface area is 198 Å². The van der Waals surface area contributed by atoms with E-state index in [1.165, 1.54) is 0 Å². The average Bonchev–Trinajstić information content (AvgIpc) is 2.67. The van der Waals surface area contributed by atoms with E-state index in [0.29, 0.717) is 25.8 Å². The number of hydrogen-bond acceptors (Lipinski definition) is 8. The van der Waals surface area contributed by atoms with Crippen LogP contribution in [-0.4, -0.2) is 81.3 Å². The molecule has 1 aromatic rings. The summed E-state index contributed by atoms with van der Waals surface area (Å²) in [6.45, 7) is 4.17. The predicted octanol–water partition coefficient (Wildman–Crippen LogP) is 1.06. The van der Waals surface area contributed by atoms with E-state index < -0.39 is 36.0 Å². The summed E-state index contributed by atoms with van der Waals surface area (Å²) >= 11 is 4.34. The lowest BCUT2D eigenvalue weighted by Crippen LogP contribution is -2.62. The first-order valence-electron chi connectivity index (χ1n) is 9.99. The topological polar surface area (TPSA) is 160 Å². The Balaban J connectivity index is 0.000000509. The Morgan fingerprint density at radius 3 is 2.29 bits per heavy atom. The standard InChI is InChI=1S/C17H23BN2O6S.C2HF3O2/c1-17(2,27)14(19)15(21)20-7-10(8-20)25-11-4-3-9-5-6-18(24)26-13(9)12(11)16(22)23;3-2(4,5)1(6)7/h3-4,10,14,24,27H,5-8,19H2,1-2H3,(H,22,23);(H,6,7). The molecule has 0 radical (unpaired) electrons. The summed E-state index contributed by atoms with van der Waals surface area (Å²) in [6, 6.07) is 2.59. The lowest BCUT2D eigenvalue weighted by molar-refractivity contribution is -0.192. The minimum atomic E-state index is -5.08. The maximum Gasteiger partial charge on any atom is 0.522 e. The molecule has 3 rings (SSSR count). The quantitative estimate of drug-likeness (QED) is 0.290. The summed E-state index contributed by atoms with van der Waals surface area (Å²) in [5.41, 5.74) is 6.54. The van der Waals surface area contributed by atoms with Gasteiger partial charge in [-0.1, -0.05) is 6.07 Å². The number of benzene rings is 1. The van der Waals surface area contributed by atoms with Gasteiger partial charge >= 0.3 is 25.2 Å². The minimum absolute atomic E-state index is 0.107. The van der Waals surface area contributed by atoms with Crippen LogP contribution in [0.5, 0.6) is 11.5 Å². The van der Waals surface area contributed by atoms with Gasteiger partial charge in [-0.25, -0.2) is 9.59 Å². The summed E-state index contributed by atoms with van der Waals surface area (Å²) in [4.78, 5) is 34.5. The van der Waals surface area contributed by atoms with Crippen LogP contribution in [0.1, 0.15) is 29.8 Å². The van der Waals surface area contributed by atoms with Gasteiger partial charge in [0.15, 0.2) is 0 Å². The normalized spacial score (nSPS) is 16.8. The average molecular weight is 508 g/mol. The van der Waals surface area contributed by atoms with E-state index >= 15 is 0 Å². The van der Waals surface area contributed by atoms with E-state index in [1.807, 2.05) is 0 Å². The summed E-state index contributed by atoms with van der Waals surface area (Å²) < 4.78 is 42.2. The van der Waals surface area contributed by atoms with Gasteiger partial charge in [-0.2, -0.15) is 25.8 Å². The highest BCUT2D eigenvalue weighted by Gasteiger charge is 2.40. The van der Waals surface area contributed by atoms with Crippen molar-refractivity contribution in [1.29, 1.82) is 0 Å². The van der Waals surface area contributed by atoms with Gasteiger partial charge in [0.25, 0.3) is 0 Å². The number of halogens is 3. The van der Waals surface area contributed by atoms with Crippen molar-refractivity contribution >= 4 is 37.6 Å². The third-order valence-electron chi connectivity index (χ3n) is 5.05. The molecule has 15 heteroatoms. The first-order chi connectivity index (χ1) is 15.5. The number of ether oxygens (including phenoxy) is 1. The molecule has 1 aromatic carbocycles. The Morgan fingerprint density at radius 2 is 1.82 bits per heavy atom. The molecule has 34 heavy (non-hydrogen) atoms. The van der Waals surface area contributed by atoms with Gasteiger partial charge < -0.3 is 35.3 Å². The Bertz CT molecular complexity index is 951. The number of hydrogen-bond donors (Lipinski definition) is 5. The van der Waals surface area contributed by atoms with E-state index in [4.69, 9.17) is 25.0 Å². The van der Waals surface area contributed by atoms with Crippen LogP contribution in [0.15, 0.2) is 12.1 Å². The van der Waals surface area contributed by atoms with Crippen LogP contribution in [0.25, 0.3) is 0 Å². The molecule has 0 aromatic heterocycles. The van der Waals surface area contributed by atoms with Crippen LogP contribution < -0.4 is 15.1 Å². The van der Waals surface area contributed by atoms with Crippen LogP contribution in [-0.2, 0) is 16.0 Å². The molecule has 0 saturated carbocycles. The van der Waals surface area contributed by atoms with Gasteiger partial charge in [0, 0.05) is 4.75 Å². The lowest BCUT2D eigenvalue weighted by atomic mass is 9.78. The first-order valence-corrected chi connectivity index (χ1v) is 10.4. The Kier molecular flexibility index (Phi) is 8.37. The van der Waals surface area contributed by atoms with Crippen LogP contribution in [0.4, 0.5) is 13.2 Å². The van der Waals surface area contributed by atoms with Crippen molar-refractivity contribution in [2.75, 3.05) is 13.1 Å². The number of carbonyl (C=O) groups excluding carboxylic acids is 1. The van der Waals surface area contributed by atoms with Gasteiger partial charge in [-0.05, 0) is 38.2 Å². The lowest BCUT2D eigenvalue weighted by Gasteiger charge is -2.42. The number of likely N-dealkylation sites (tertiary alicyclic amines) is 1. The third kappa shape index (κ3) is 6.70. The number of aromatic carboxylic acids is 1. The van der Waals surface area contributed by atoms with Crippen LogP contribution in [0.3, 0.4) is 0 Å². The number of rotatable bonds is 5. The summed E-state index contributed by atoms with van der Waals surface area (Å²) in [7, 11) is -1.03. The SMILES string of the molecule is CC(C)(S)C(N)C(=O)N1CC(Oc2ccc3c(c2C(=O)O)OB(O)CC3)C1.O=C(O)C(F)(F)F. The van der Waals surface area contributed by atoms with Crippen molar-refractivity contribution in [2.45, 2.75) is 49.7 Å². The second-order valence-electron chi connectivity index (χ2n) is 8.26. The Morgan fingerprint density at radius 1 is 1.26 bits per heavy atom. The second kappa shape index (κ2) is 10.3. The van der Waals surface area contributed by atoms with Crippen LogP contribution >= 0.6 is 12.6 Å². The number of nitrogens with zero attached hydrogens (tertiary/aromatic N) is 1. The summed E-state index contributed by atoms with van der Waals surface area (Å²) in [5.74, 6) is -3.86. The zero-order valence-corrected chi connectivity index (χ0v) is 19.1. The zero-order chi connectivity index (χ0) is 26.0. The highest BCUT2D eigenvalue weighted by atomic mass is 32.1. The predicted molar refractivity (Wildman–Crippen MR) is 116 cm³/mol. The van der Waals surface area contributed by atoms with Crippen molar-refractivity contribution in [3.8, 4) is 11.5 Å². The number of amides is 1. The maximum atomic E-state index is 12.3. The van der Waals surface area contributed by atoms with E-state index in [9.17, 15) is 32.9 Å². The van der Waals surface area contributed by atoms with Gasteiger partial charge in [-0.3, -0.25) is 4.79 Å². The van der Waals surface area contributed by atoms with E-state index in [-0.39, 0.29) is 29.1 Å². The van der Waals surface area contributed by atoms with Crippen molar-refractivity contribution in [2.24, 2.45) is 5.73 Å². The fourth-order valence-corrected chi connectivity index (χ4v) is 3.20. The van der Waals surface area contributed by atoms with Gasteiger partial charge in [0.2, 0.25) is 5.91 Å². The van der Waals surface area contributed by atoms with Crippen molar-refractivity contribution in [1.82, 2.24) is 4.90 Å². The molecule has 1 atom stereocenters. The molecule has 1 unspecified atom stereocenters. The molecule has 0 aliphatic carbocycles. The fourth-order valence-electron chi connectivity index (χ4n) is 3.08. The maximum absolute atomic E-state index is 12.3. The number of fused-ring (bicyclic) bond motifs is 1. The largest absolute Gasteiger partial charge is 0.535 e. The highest BCUT2D eigenvalue weighted by molar-refractivity contribution is 7.81. The highest BCUT2D eigenvalue weighted by Crippen LogP contribution is 2.37. The fraction of sp³-hybridized carbons (Fsp3) is 0.526. The van der Waals surface area contributed by atoms with Crippen molar-refractivity contribution in [3.05, 3.63) is 23.3 Å². The number of carboxylic acids is 2. The molecule has 2 heterocycles. The number of carboxylic acid groups (broad SMARTS) is 2. The minimum Gasteiger partial charge on any atom is -0.535 e. The molecular weight excluding hydrogens is 484 g/mol. The first kappa shape index (κ1) is 27.6. The molecular formula is C19H24BF3N2O8S. The zero-order valence-electron chi connectivity index (χ0n) is 18.2. The number of thiol groups is 1. The van der Waals surface area contributed by atoms with E-state index in [1.54, 1.807) is 30.9 Å². The second-order valence-corrected chi connectivity index (χ2v) is 9.41. The molecule has 188 valence electrons. The van der Waals surface area contributed by atoms with Crippen LogP contribution in [0, 0.1) is 0 Å². The van der Waals surface area contributed by atoms with Gasteiger partial charge in [0.1, 0.15) is 23.2 Å². The number of aryl methyl sites for hydroxylation is 1. The number of carbonyl (C=O) groups is 3. The molecule has 0 spiro atoms. The summed E-state index contributed by atoms with van der Waals surface area (Å²) in [6.07, 6.45) is -4.48. The summed E-state index contributed by atoms with van der Waals surface area (Å²) in [5, 5.41) is 26.4. The Hall–Kier alpha value is -2.65. The molecule has 2 aliphatic heterocycles. The molecule has 0 bridgehead atoms. The molecule has 5 N–H and O–H groups in total. The number of alkyl halides is 3. The molecule has 10 nitrogen and oxygen atoms in total. The monoisotopic (exact) mass is 508 g/mol.